The topological polar surface area (TPSA) is 49.3 Å². The van der Waals surface area contributed by atoms with Crippen molar-refractivity contribution in [1.29, 1.82) is 0 Å². The maximum absolute atomic E-state index is 10.9. The molecule has 2 unspecified atom stereocenters. The van der Waals surface area contributed by atoms with E-state index < -0.39 is 0 Å². The molecule has 1 saturated carbocycles. The van der Waals surface area contributed by atoms with Gasteiger partial charge in [0.05, 0.1) is 0 Å². The largest absolute Gasteiger partial charge is 0.289 e. The van der Waals surface area contributed by atoms with Crippen LogP contribution in [0, 0.1) is 11.8 Å². The van der Waals surface area contributed by atoms with Gasteiger partial charge >= 0.3 is 0 Å². The van der Waals surface area contributed by atoms with E-state index in [0.717, 1.165) is 19.3 Å². The third-order valence-corrected chi connectivity index (χ3v) is 2.31. The molecule has 0 aliphatic heterocycles. The summed E-state index contributed by atoms with van der Waals surface area (Å²) in [4.78, 5) is 10.9. The molecule has 1 rings (SSSR count). The molecule has 0 spiro atoms. The van der Waals surface area contributed by atoms with Crippen LogP contribution in [0.2, 0.25) is 0 Å². The number of hydrogen-bond acceptors (Lipinski definition) is 2. The molecule has 2 N–H and O–H groups in total. The summed E-state index contributed by atoms with van der Waals surface area (Å²) >= 11 is 0. The summed E-state index contributed by atoms with van der Waals surface area (Å²) in [5.74, 6) is 0.266. The highest BCUT2D eigenvalue weighted by Gasteiger charge is 2.29. The van der Waals surface area contributed by atoms with E-state index in [0.29, 0.717) is 5.92 Å². The van der Waals surface area contributed by atoms with E-state index in [1.165, 1.54) is 0 Å². The van der Waals surface area contributed by atoms with Crippen LogP contribution in [0.3, 0.4) is 0 Å². The van der Waals surface area contributed by atoms with Crippen molar-refractivity contribution >= 4 is 5.91 Å². The average molecular weight is 143 g/mol. The predicted molar refractivity (Wildman–Crippen MR) is 36.4 cm³/mol. The highest BCUT2D eigenvalue weighted by molar-refractivity contribution is 5.77. The van der Waals surface area contributed by atoms with Crippen LogP contribution in [0.4, 0.5) is 0 Å². The Kier molecular flexibility index (Phi) is 2.27. The standard InChI is InChI=1S/C7H13NO2/c1-5-3-2-4-6(5)7(9)8-10/h5-6,10H,2-4H2,1H3,(H,8,9). The van der Waals surface area contributed by atoms with Gasteiger partial charge in [-0.1, -0.05) is 13.3 Å². The molecule has 1 aliphatic rings. The fourth-order valence-corrected chi connectivity index (χ4v) is 1.62. The van der Waals surface area contributed by atoms with Crippen molar-refractivity contribution in [2.45, 2.75) is 26.2 Å². The molecule has 3 heteroatoms. The Morgan fingerprint density at radius 3 is 2.70 bits per heavy atom. The van der Waals surface area contributed by atoms with Crippen molar-refractivity contribution in [2.24, 2.45) is 11.8 Å². The molecular weight excluding hydrogens is 130 g/mol. The minimum Gasteiger partial charge on any atom is -0.289 e. The third kappa shape index (κ3) is 1.29. The Hall–Kier alpha value is -0.570. The molecule has 0 bridgehead atoms. The van der Waals surface area contributed by atoms with E-state index in [1.54, 1.807) is 5.48 Å². The zero-order valence-corrected chi connectivity index (χ0v) is 6.13. The summed E-state index contributed by atoms with van der Waals surface area (Å²) in [6.07, 6.45) is 3.14. The van der Waals surface area contributed by atoms with Crippen LogP contribution in [0.25, 0.3) is 0 Å². The molecule has 0 saturated heterocycles. The number of nitrogens with one attached hydrogen (secondary N) is 1. The third-order valence-electron chi connectivity index (χ3n) is 2.31. The minimum absolute atomic E-state index is 0.0463. The average Bonchev–Trinajstić information content (AvgIpc) is 2.34. The second-order valence-corrected chi connectivity index (χ2v) is 2.99. The van der Waals surface area contributed by atoms with Crippen LogP contribution in [0.1, 0.15) is 26.2 Å². The second-order valence-electron chi connectivity index (χ2n) is 2.99. The molecule has 2 atom stereocenters. The van der Waals surface area contributed by atoms with E-state index in [1.807, 2.05) is 6.92 Å². The first kappa shape index (κ1) is 7.54. The summed E-state index contributed by atoms with van der Waals surface area (Å²) in [5.41, 5.74) is 1.70. The van der Waals surface area contributed by atoms with Crippen molar-refractivity contribution in [3.8, 4) is 0 Å². The number of hydrogen-bond donors (Lipinski definition) is 2. The van der Waals surface area contributed by atoms with Crippen LogP contribution < -0.4 is 5.48 Å². The first-order chi connectivity index (χ1) is 4.75. The summed E-state index contributed by atoms with van der Waals surface area (Å²) in [6, 6.07) is 0. The maximum Gasteiger partial charge on any atom is 0.246 e. The fourth-order valence-electron chi connectivity index (χ4n) is 1.62. The summed E-state index contributed by atoms with van der Waals surface area (Å²) in [6.45, 7) is 2.05. The number of carbonyl (C=O) groups is 1. The lowest BCUT2D eigenvalue weighted by Gasteiger charge is -2.11. The molecule has 0 aromatic rings. The Labute approximate surface area is 60.4 Å². The Morgan fingerprint density at radius 1 is 1.60 bits per heavy atom. The molecule has 0 heterocycles. The number of hydroxylamine groups is 1. The van der Waals surface area contributed by atoms with E-state index in [9.17, 15) is 4.79 Å². The van der Waals surface area contributed by atoms with E-state index >= 15 is 0 Å². The maximum atomic E-state index is 10.9. The number of carbonyl (C=O) groups excluding carboxylic acids is 1. The SMILES string of the molecule is CC1CCCC1C(=O)NO. The van der Waals surface area contributed by atoms with E-state index in [-0.39, 0.29) is 11.8 Å². The Bertz CT molecular complexity index is 136. The van der Waals surface area contributed by atoms with Gasteiger partial charge in [-0.3, -0.25) is 10.0 Å². The van der Waals surface area contributed by atoms with Gasteiger partial charge in [0, 0.05) is 5.92 Å². The summed E-state index contributed by atoms with van der Waals surface area (Å²) in [5, 5.41) is 8.31. The number of amides is 1. The van der Waals surface area contributed by atoms with Gasteiger partial charge in [-0.05, 0) is 18.8 Å². The lowest BCUT2D eigenvalue weighted by atomic mass is 9.98. The van der Waals surface area contributed by atoms with Crippen LogP contribution in [0.15, 0.2) is 0 Å². The van der Waals surface area contributed by atoms with E-state index in [2.05, 4.69) is 0 Å². The van der Waals surface area contributed by atoms with Crippen molar-refractivity contribution < 1.29 is 10.0 Å². The van der Waals surface area contributed by atoms with Gasteiger partial charge in [0.2, 0.25) is 5.91 Å². The quantitative estimate of drug-likeness (QED) is 0.423. The summed E-state index contributed by atoms with van der Waals surface area (Å²) < 4.78 is 0. The smallest absolute Gasteiger partial charge is 0.246 e. The van der Waals surface area contributed by atoms with Crippen LogP contribution >= 0.6 is 0 Å². The van der Waals surface area contributed by atoms with E-state index in [4.69, 9.17) is 5.21 Å². The van der Waals surface area contributed by atoms with Crippen LogP contribution in [0.5, 0.6) is 0 Å². The minimum atomic E-state index is -0.218. The Morgan fingerprint density at radius 2 is 2.30 bits per heavy atom. The molecule has 0 radical (unpaired) electrons. The molecule has 0 aromatic heterocycles. The molecule has 0 aromatic carbocycles. The van der Waals surface area contributed by atoms with Gasteiger partial charge in [0.25, 0.3) is 0 Å². The van der Waals surface area contributed by atoms with Gasteiger partial charge < -0.3 is 0 Å². The van der Waals surface area contributed by atoms with Crippen molar-refractivity contribution in [3.05, 3.63) is 0 Å². The Balaban J connectivity index is 2.46. The zero-order chi connectivity index (χ0) is 7.56. The second kappa shape index (κ2) is 3.01. The molecule has 1 amide bonds. The molecule has 58 valence electrons. The number of rotatable bonds is 1. The molecule has 10 heavy (non-hydrogen) atoms. The summed E-state index contributed by atoms with van der Waals surface area (Å²) in [7, 11) is 0. The van der Waals surface area contributed by atoms with Gasteiger partial charge in [-0.2, -0.15) is 0 Å². The normalized spacial score (nSPS) is 32.2. The monoisotopic (exact) mass is 143 g/mol. The first-order valence-corrected chi connectivity index (χ1v) is 3.69. The fraction of sp³-hybridized carbons (Fsp3) is 0.857. The van der Waals surface area contributed by atoms with Gasteiger partial charge in [-0.25, -0.2) is 5.48 Å². The lowest BCUT2D eigenvalue weighted by molar-refractivity contribution is -0.134. The highest BCUT2D eigenvalue weighted by atomic mass is 16.5. The van der Waals surface area contributed by atoms with Gasteiger partial charge in [-0.15, -0.1) is 0 Å². The van der Waals surface area contributed by atoms with Crippen molar-refractivity contribution in [3.63, 3.8) is 0 Å². The van der Waals surface area contributed by atoms with Gasteiger partial charge in [0.15, 0.2) is 0 Å². The van der Waals surface area contributed by atoms with Crippen molar-refractivity contribution in [2.75, 3.05) is 0 Å². The lowest BCUT2D eigenvalue weighted by Crippen LogP contribution is -2.29. The van der Waals surface area contributed by atoms with Crippen LogP contribution in [-0.4, -0.2) is 11.1 Å². The highest BCUT2D eigenvalue weighted by Crippen LogP contribution is 2.30. The molecule has 1 aliphatic carbocycles. The van der Waals surface area contributed by atoms with Crippen molar-refractivity contribution in [1.82, 2.24) is 5.48 Å². The molecule has 3 nitrogen and oxygen atoms in total. The predicted octanol–water partition coefficient (Wildman–Crippen LogP) is 0.928. The van der Waals surface area contributed by atoms with Crippen LogP contribution in [-0.2, 0) is 4.79 Å². The zero-order valence-electron chi connectivity index (χ0n) is 6.13. The molecule has 1 fully saturated rings. The first-order valence-electron chi connectivity index (χ1n) is 3.69. The molecular formula is C7H13NO2. The van der Waals surface area contributed by atoms with Gasteiger partial charge in [0.1, 0.15) is 0 Å².